The van der Waals surface area contributed by atoms with Gasteiger partial charge in [0.15, 0.2) is 5.76 Å². The Bertz CT molecular complexity index is 706. The van der Waals surface area contributed by atoms with E-state index in [1.165, 1.54) is 13.2 Å². The van der Waals surface area contributed by atoms with Gasteiger partial charge in [0.25, 0.3) is 5.91 Å². The predicted molar refractivity (Wildman–Crippen MR) is 82.7 cm³/mol. The average Bonchev–Trinajstić information content (AvgIpc) is 2.96. The minimum Gasteiger partial charge on any atom is -0.467 e. The van der Waals surface area contributed by atoms with Gasteiger partial charge in [0, 0.05) is 5.56 Å². The van der Waals surface area contributed by atoms with E-state index in [9.17, 15) is 9.59 Å². The van der Waals surface area contributed by atoms with Crippen LogP contribution in [0, 0.1) is 0 Å². The Morgan fingerprint density at radius 3 is 2.50 bits per heavy atom. The minimum atomic E-state index is -1.15. The molecule has 0 radical (unpaired) electrons. The normalized spacial score (nSPS) is 11.1. The third-order valence-electron chi connectivity index (χ3n) is 3.09. The van der Waals surface area contributed by atoms with Gasteiger partial charge in [0.1, 0.15) is 11.3 Å². The highest BCUT2D eigenvalue weighted by Crippen LogP contribution is 2.29. The zero-order valence-electron chi connectivity index (χ0n) is 12.5. The van der Waals surface area contributed by atoms with Gasteiger partial charge in [0.2, 0.25) is 0 Å². The quantitative estimate of drug-likeness (QED) is 0.877. The molecule has 0 atom stereocenters. The van der Waals surface area contributed by atoms with Crippen LogP contribution in [-0.4, -0.2) is 24.5 Å². The van der Waals surface area contributed by atoms with Crippen LogP contribution >= 0.6 is 11.6 Å². The van der Waals surface area contributed by atoms with E-state index >= 15 is 0 Å². The van der Waals surface area contributed by atoms with Crippen molar-refractivity contribution < 1.29 is 18.7 Å². The third kappa shape index (κ3) is 3.31. The van der Waals surface area contributed by atoms with Gasteiger partial charge in [-0.25, -0.2) is 4.79 Å². The Balaban J connectivity index is 2.20. The molecule has 0 saturated carbocycles. The molecule has 0 aliphatic carbocycles. The summed E-state index contributed by atoms with van der Waals surface area (Å²) in [6, 6.07) is 10.3. The van der Waals surface area contributed by atoms with Crippen LogP contribution in [0.5, 0.6) is 0 Å². The molecule has 0 aliphatic rings. The van der Waals surface area contributed by atoms with Gasteiger partial charge in [-0.2, -0.15) is 0 Å². The summed E-state index contributed by atoms with van der Waals surface area (Å²) in [5.41, 5.74) is -0.459. The number of methoxy groups -OCH3 is 1. The van der Waals surface area contributed by atoms with Crippen molar-refractivity contribution in [3.05, 3.63) is 47.2 Å². The number of furan rings is 1. The molecule has 0 spiro atoms. The van der Waals surface area contributed by atoms with Crippen molar-refractivity contribution in [1.29, 1.82) is 0 Å². The van der Waals surface area contributed by atoms with E-state index in [1.54, 1.807) is 38.1 Å². The van der Waals surface area contributed by atoms with Crippen LogP contribution in [0.1, 0.15) is 24.4 Å². The smallest absolute Gasteiger partial charge is 0.330 e. The summed E-state index contributed by atoms with van der Waals surface area (Å²) >= 11 is 6.09. The summed E-state index contributed by atoms with van der Waals surface area (Å²) in [6.07, 6.45) is 0. The summed E-state index contributed by atoms with van der Waals surface area (Å²) in [7, 11) is 1.26. The number of rotatable bonds is 4. The lowest BCUT2D eigenvalue weighted by Gasteiger charge is -2.22. The first kappa shape index (κ1) is 16.1. The molecule has 1 aromatic carbocycles. The molecule has 116 valence electrons. The highest BCUT2D eigenvalue weighted by atomic mass is 35.5. The van der Waals surface area contributed by atoms with Crippen molar-refractivity contribution in [1.82, 2.24) is 5.32 Å². The van der Waals surface area contributed by atoms with Crippen molar-refractivity contribution in [2.45, 2.75) is 19.4 Å². The van der Waals surface area contributed by atoms with Crippen LogP contribution in [0.4, 0.5) is 0 Å². The first-order valence-corrected chi connectivity index (χ1v) is 6.98. The van der Waals surface area contributed by atoms with Crippen LogP contribution in [0.2, 0.25) is 5.02 Å². The van der Waals surface area contributed by atoms with Crippen molar-refractivity contribution in [3.63, 3.8) is 0 Å². The molecule has 6 heteroatoms. The molecule has 2 aromatic rings. The Morgan fingerprint density at radius 1 is 1.18 bits per heavy atom. The van der Waals surface area contributed by atoms with Gasteiger partial charge < -0.3 is 14.5 Å². The van der Waals surface area contributed by atoms with Gasteiger partial charge in [-0.1, -0.05) is 23.7 Å². The Hall–Kier alpha value is -2.27. The van der Waals surface area contributed by atoms with Crippen LogP contribution in [0.3, 0.4) is 0 Å². The van der Waals surface area contributed by atoms with Crippen LogP contribution in [0.25, 0.3) is 11.3 Å². The first-order valence-electron chi connectivity index (χ1n) is 6.61. The van der Waals surface area contributed by atoms with E-state index in [4.69, 9.17) is 16.0 Å². The zero-order valence-corrected chi connectivity index (χ0v) is 13.2. The number of hydrogen-bond donors (Lipinski definition) is 1. The number of amides is 1. The summed E-state index contributed by atoms with van der Waals surface area (Å²) in [4.78, 5) is 23.8. The van der Waals surface area contributed by atoms with Gasteiger partial charge in [-0.3, -0.25) is 4.79 Å². The number of ether oxygens (including phenoxy) is 1. The second-order valence-electron chi connectivity index (χ2n) is 5.21. The van der Waals surface area contributed by atoms with Gasteiger partial charge in [-0.15, -0.1) is 0 Å². The number of halogens is 1. The fourth-order valence-corrected chi connectivity index (χ4v) is 2.15. The van der Waals surface area contributed by atoms with Gasteiger partial charge in [-0.05, 0) is 38.1 Å². The molecule has 0 aliphatic heterocycles. The van der Waals surface area contributed by atoms with Crippen molar-refractivity contribution >= 4 is 23.5 Å². The van der Waals surface area contributed by atoms with Crippen LogP contribution in [-0.2, 0) is 9.53 Å². The van der Waals surface area contributed by atoms with Crippen LogP contribution in [0.15, 0.2) is 40.8 Å². The van der Waals surface area contributed by atoms with E-state index in [0.29, 0.717) is 16.3 Å². The second-order valence-corrected chi connectivity index (χ2v) is 5.62. The standard InChI is InChI=1S/C16H16ClNO4/c1-16(2,15(20)21-3)18-14(19)13-9-8-12(22-13)10-6-4-5-7-11(10)17/h4-9H,1-3H3,(H,18,19). The maximum atomic E-state index is 12.2. The molecule has 1 aromatic heterocycles. The Kier molecular flexibility index (Phi) is 4.56. The monoisotopic (exact) mass is 321 g/mol. The molecule has 0 unspecified atom stereocenters. The fraction of sp³-hybridized carbons (Fsp3) is 0.250. The SMILES string of the molecule is COC(=O)C(C)(C)NC(=O)c1ccc(-c2ccccc2Cl)o1. The third-order valence-corrected chi connectivity index (χ3v) is 3.42. The Morgan fingerprint density at radius 2 is 1.86 bits per heavy atom. The molecule has 1 heterocycles. The van der Waals surface area contributed by atoms with E-state index in [0.717, 1.165) is 0 Å². The molecular formula is C16H16ClNO4. The molecular weight excluding hydrogens is 306 g/mol. The van der Waals surface area contributed by atoms with Crippen molar-refractivity contribution in [2.75, 3.05) is 7.11 Å². The first-order chi connectivity index (χ1) is 10.3. The van der Waals surface area contributed by atoms with Crippen molar-refractivity contribution in [2.24, 2.45) is 0 Å². The molecule has 0 saturated heterocycles. The fourth-order valence-electron chi connectivity index (χ4n) is 1.92. The Labute approximate surface area is 133 Å². The highest BCUT2D eigenvalue weighted by molar-refractivity contribution is 6.33. The van der Waals surface area contributed by atoms with E-state index in [1.807, 2.05) is 6.07 Å². The van der Waals surface area contributed by atoms with Gasteiger partial charge in [0.05, 0.1) is 12.1 Å². The largest absolute Gasteiger partial charge is 0.467 e. The zero-order chi connectivity index (χ0) is 16.3. The minimum absolute atomic E-state index is 0.0897. The lowest BCUT2D eigenvalue weighted by atomic mass is 10.1. The second kappa shape index (κ2) is 6.23. The molecule has 22 heavy (non-hydrogen) atoms. The number of carbonyl (C=O) groups is 2. The van der Waals surface area contributed by atoms with E-state index < -0.39 is 17.4 Å². The summed E-state index contributed by atoms with van der Waals surface area (Å²) in [5.74, 6) is -0.481. The lowest BCUT2D eigenvalue weighted by Crippen LogP contribution is -2.50. The van der Waals surface area contributed by atoms with Gasteiger partial charge >= 0.3 is 5.97 Å². The summed E-state index contributed by atoms with van der Waals surface area (Å²) < 4.78 is 10.2. The van der Waals surface area contributed by atoms with E-state index in [2.05, 4.69) is 10.1 Å². The molecule has 1 amide bonds. The van der Waals surface area contributed by atoms with Crippen LogP contribution < -0.4 is 5.32 Å². The topological polar surface area (TPSA) is 68.5 Å². The molecule has 5 nitrogen and oxygen atoms in total. The number of carbonyl (C=O) groups excluding carboxylic acids is 2. The molecule has 0 fully saturated rings. The predicted octanol–water partition coefficient (Wildman–Crippen LogP) is 3.28. The highest BCUT2D eigenvalue weighted by Gasteiger charge is 2.31. The number of hydrogen-bond acceptors (Lipinski definition) is 4. The molecule has 2 rings (SSSR count). The number of esters is 1. The van der Waals surface area contributed by atoms with Crippen molar-refractivity contribution in [3.8, 4) is 11.3 Å². The summed E-state index contributed by atoms with van der Waals surface area (Å²) in [6.45, 7) is 3.10. The molecule has 0 bridgehead atoms. The van der Waals surface area contributed by atoms with E-state index in [-0.39, 0.29) is 5.76 Å². The lowest BCUT2D eigenvalue weighted by molar-refractivity contribution is -0.146. The number of benzene rings is 1. The average molecular weight is 322 g/mol. The summed E-state index contributed by atoms with van der Waals surface area (Å²) in [5, 5.41) is 3.09. The molecule has 1 N–H and O–H groups in total. The number of nitrogens with one attached hydrogen (secondary N) is 1. The maximum absolute atomic E-state index is 12.2. The maximum Gasteiger partial charge on any atom is 0.330 e.